The van der Waals surface area contributed by atoms with Gasteiger partial charge in [0.25, 0.3) is 0 Å². The molecule has 0 saturated carbocycles. The monoisotopic (exact) mass is 395 g/mol. The van der Waals surface area contributed by atoms with Crippen molar-refractivity contribution in [2.75, 3.05) is 4.44 Å². The van der Waals surface area contributed by atoms with Crippen molar-refractivity contribution in [3.05, 3.63) is 66.2 Å². The Balaban J connectivity index is 1.66. The Morgan fingerprint density at radius 2 is 1.30 bits per heavy atom. The van der Waals surface area contributed by atoms with Gasteiger partial charge in [-0.25, -0.2) is 0 Å². The molecule has 3 aromatic carbocycles. The number of benzene rings is 3. The maximum atomic E-state index is 2.66. The van der Waals surface area contributed by atoms with Gasteiger partial charge >= 0.3 is 0 Å². The average molecular weight is 395 g/mol. The van der Waals surface area contributed by atoms with Crippen LogP contribution in [0.4, 0.5) is 5.69 Å². The van der Waals surface area contributed by atoms with Gasteiger partial charge in [-0.1, -0.05) is 81.5 Å². The summed E-state index contributed by atoms with van der Waals surface area (Å²) in [4.78, 5) is 0. The van der Waals surface area contributed by atoms with Gasteiger partial charge in [-0.3, -0.25) is 0 Å². The van der Waals surface area contributed by atoms with Gasteiger partial charge in [0.2, 0.25) is 0 Å². The fourth-order valence-corrected chi connectivity index (χ4v) is 3.91. The van der Waals surface area contributed by atoms with E-state index in [2.05, 4.69) is 86.4 Å². The normalized spacial score (nSPS) is 11.1. The molecule has 142 valence electrons. The SMILES string of the molecule is CCCCCCCCc1ccc2cc(-c3ccc(N(P)P)cc3)ccc2c1. The Kier molecular flexibility index (Phi) is 7.69. The topological polar surface area (TPSA) is 3.24 Å². The van der Waals surface area contributed by atoms with Gasteiger partial charge in [0.1, 0.15) is 0 Å². The third-order valence-electron chi connectivity index (χ3n) is 5.22. The van der Waals surface area contributed by atoms with Crippen molar-refractivity contribution >= 4 is 35.2 Å². The van der Waals surface area contributed by atoms with E-state index >= 15 is 0 Å². The maximum absolute atomic E-state index is 2.66. The lowest BCUT2D eigenvalue weighted by molar-refractivity contribution is 0.607. The molecule has 2 unspecified atom stereocenters. The molecule has 0 fully saturated rings. The molecule has 27 heavy (non-hydrogen) atoms. The molecule has 0 heterocycles. The average Bonchev–Trinajstić information content (AvgIpc) is 2.70. The number of hydrogen-bond acceptors (Lipinski definition) is 1. The Labute approximate surface area is 169 Å². The van der Waals surface area contributed by atoms with Crippen molar-refractivity contribution in [1.82, 2.24) is 0 Å². The molecule has 0 saturated heterocycles. The summed E-state index contributed by atoms with van der Waals surface area (Å²) < 4.78 is 1.97. The first-order valence-electron chi connectivity index (χ1n) is 10.1. The second-order valence-corrected chi connectivity index (χ2v) is 9.08. The number of aryl methyl sites for hydroxylation is 1. The Bertz CT molecular complexity index is 856. The van der Waals surface area contributed by atoms with Crippen molar-refractivity contribution in [2.45, 2.75) is 51.9 Å². The van der Waals surface area contributed by atoms with E-state index in [-0.39, 0.29) is 0 Å². The zero-order chi connectivity index (χ0) is 19.1. The summed E-state index contributed by atoms with van der Waals surface area (Å²) in [6.45, 7) is 2.28. The molecule has 3 rings (SSSR count). The molecule has 1 nitrogen and oxygen atoms in total. The summed E-state index contributed by atoms with van der Waals surface area (Å²) in [5.41, 5.74) is 5.16. The van der Waals surface area contributed by atoms with Gasteiger partial charge in [-0.2, -0.15) is 0 Å². The minimum atomic E-state index is 1.16. The summed E-state index contributed by atoms with van der Waals surface area (Å²) in [6.07, 6.45) is 9.35. The summed E-state index contributed by atoms with van der Waals surface area (Å²) in [7, 11) is 5.32. The van der Waals surface area contributed by atoms with E-state index in [1.807, 2.05) is 4.44 Å². The van der Waals surface area contributed by atoms with Crippen molar-refractivity contribution < 1.29 is 0 Å². The highest BCUT2D eigenvalue weighted by Crippen LogP contribution is 2.29. The Morgan fingerprint density at radius 1 is 0.667 bits per heavy atom. The van der Waals surface area contributed by atoms with Gasteiger partial charge < -0.3 is 4.44 Å². The van der Waals surface area contributed by atoms with E-state index < -0.39 is 0 Å². The van der Waals surface area contributed by atoms with Crippen molar-refractivity contribution in [1.29, 1.82) is 0 Å². The summed E-state index contributed by atoms with van der Waals surface area (Å²) in [5, 5.41) is 2.67. The predicted molar refractivity (Wildman–Crippen MR) is 128 cm³/mol. The number of hydrogen-bond donors (Lipinski definition) is 0. The smallest absolute Gasteiger partial charge is 0.0423 e. The zero-order valence-electron chi connectivity index (χ0n) is 16.3. The molecule has 0 spiro atoms. The van der Waals surface area contributed by atoms with E-state index in [0.717, 1.165) is 5.69 Å². The molecule has 2 atom stereocenters. The summed E-state index contributed by atoms with van der Waals surface area (Å²) in [5.74, 6) is 0. The lowest BCUT2D eigenvalue weighted by Crippen LogP contribution is -1.89. The molecule has 0 aliphatic rings. The molecular weight excluding hydrogens is 364 g/mol. The van der Waals surface area contributed by atoms with Crippen LogP contribution in [-0.2, 0) is 6.42 Å². The van der Waals surface area contributed by atoms with Crippen LogP contribution in [0.1, 0.15) is 51.0 Å². The summed E-state index contributed by atoms with van der Waals surface area (Å²) in [6, 6.07) is 22.4. The van der Waals surface area contributed by atoms with Crippen LogP contribution < -0.4 is 4.44 Å². The first-order valence-corrected chi connectivity index (χ1v) is 11.1. The van der Waals surface area contributed by atoms with Gasteiger partial charge in [0.15, 0.2) is 0 Å². The third-order valence-corrected chi connectivity index (χ3v) is 5.82. The molecule has 0 aromatic heterocycles. The van der Waals surface area contributed by atoms with Gasteiger partial charge in [0, 0.05) is 5.69 Å². The van der Waals surface area contributed by atoms with Crippen LogP contribution in [0.5, 0.6) is 0 Å². The van der Waals surface area contributed by atoms with E-state index in [9.17, 15) is 0 Å². The Hall–Kier alpha value is -1.42. The minimum Gasteiger partial charge on any atom is -0.341 e. The zero-order valence-corrected chi connectivity index (χ0v) is 18.6. The van der Waals surface area contributed by atoms with E-state index in [1.54, 1.807) is 0 Å². The molecule has 0 radical (unpaired) electrons. The van der Waals surface area contributed by atoms with Crippen molar-refractivity contribution in [2.24, 2.45) is 0 Å². The van der Waals surface area contributed by atoms with Crippen LogP contribution in [-0.4, -0.2) is 0 Å². The fraction of sp³-hybridized carbons (Fsp3) is 0.333. The van der Waals surface area contributed by atoms with E-state index in [0.29, 0.717) is 0 Å². The van der Waals surface area contributed by atoms with Crippen molar-refractivity contribution in [3.63, 3.8) is 0 Å². The second kappa shape index (κ2) is 10.2. The van der Waals surface area contributed by atoms with Crippen LogP contribution in [0.2, 0.25) is 0 Å². The van der Waals surface area contributed by atoms with Gasteiger partial charge in [0.05, 0.1) is 0 Å². The number of unbranched alkanes of at least 4 members (excludes halogenated alkanes) is 5. The molecule has 0 N–H and O–H groups in total. The highest BCUT2D eigenvalue weighted by Gasteiger charge is 2.03. The third kappa shape index (κ3) is 5.78. The van der Waals surface area contributed by atoms with E-state index in [1.165, 1.54) is 72.4 Å². The first-order chi connectivity index (χ1) is 13.2. The Morgan fingerprint density at radius 3 is 2.04 bits per heavy atom. The van der Waals surface area contributed by atoms with Crippen molar-refractivity contribution in [3.8, 4) is 11.1 Å². The molecule has 0 bridgehead atoms. The van der Waals surface area contributed by atoms with Gasteiger partial charge in [-0.15, -0.1) is 0 Å². The van der Waals surface area contributed by atoms with Crippen LogP contribution in [0.25, 0.3) is 21.9 Å². The standard InChI is InChI=1S/C24H31NP2/c1-2-3-4-5-6-7-8-19-9-10-23-18-22(12-11-21(23)17-19)20-13-15-24(16-14-20)25(26)27/h9-18H,2-8,26-27H2,1H3. The summed E-state index contributed by atoms with van der Waals surface area (Å²) >= 11 is 0. The van der Waals surface area contributed by atoms with Crippen LogP contribution in [0, 0.1) is 0 Å². The van der Waals surface area contributed by atoms with Crippen LogP contribution in [0.3, 0.4) is 0 Å². The maximum Gasteiger partial charge on any atom is 0.0423 e. The van der Waals surface area contributed by atoms with Crippen LogP contribution >= 0.6 is 18.8 Å². The first kappa shape index (κ1) is 20.3. The minimum absolute atomic E-state index is 1.16. The fourth-order valence-electron chi connectivity index (χ4n) is 3.57. The predicted octanol–water partition coefficient (Wildman–Crippen LogP) is 7.80. The largest absolute Gasteiger partial charge is 0.341 e. The molecule has 3 aromatic rings. The lowest BCUT2D eigenvalue weighted by Gasteiger charge is -2.12. The van der Waals surface area contributed by atoms with E-state index in [4.69, 9.17) is 0 Å². The molecule has 0 aliphatic heterocycles. The number of rotatable bonds is 9. The highest BCUT2D eigenvalue weighted by atomic mass is 31.1. The number of nitrogens with zero attached hydrogens (tertiary/aromatic N) is 1. The van der Waals surface area contributed by atoms with Crippen LogP contribution in [0.15, 0.2) is 60.7 Å². The quantitative estimate of drug-likeness (QED) is 0.264. The highest BCUT2D eigenvalue weighted by molar-refractivity contribution is 7.39. The number of anilines is 1. The second-order valence-electron chi connectivity index (χ2n) is 7.37. The van der Waals surface area contributed by atoms with Gasteiger partial charge in [-0.05, 0) is 77.3 Å². The molecular formula is C24H31NP2. The molecule has 0 aliphatic carbocycles. The lowest BCUT2D eigenvalue weighted by atomic mass is 9.98. The molecule has 0 amide bonds. The number of fused-ring (bicyclic) bond motifs is 1. The molecule has 3 heteroatoms.